The van der Waals surface area contributed by atoms with Gasteiger partial charge in [0, 0.05) is 32.4 Å². The van der Waals surface area contributed by atoms with Crippen LogP contribution in [0, 0.1) is 0 Å². The van der Waals surface area contributed by atoms with E-state index in [1.54, 1.807) is 4.57 Å². The van der Waals surface area contributed by atoms with Crippen LogP contribution in [0.1, 0.15) is 44.0 Å². The van der Waals surface area contributed by atoms with Crippen LogP contribution in [0.5, 0.6) is 0 Å². The van der Waals surface area contributed by atoms with Gasteiger partial charge in [-0.2, -0.15) is 0 Å². The Hall–Kier alpha value is -2.35. The lowest BCUT2D eigenvalue weighted by Crippen LogP contribution is -2.34. The predicted octanol–water partition coefficient (Wildman–Crippen LogP) is 2.02. The van der Waals surface area contributed by atoms with Gasteiger partial charge in [0.05, 0.1) is 5.25 Å². The summed E-state index contributed by atoms with van der Waals surface area (Å²) in [5, 5.41) is 11.6. The number of nitrogens with one attached hydrogen (secondary N) is 1. The highest BCUT2D eigenvalue weighted by molar-refractivity contribution is 8.00. The number of primary amides is 1. The zero-order chi connectivity index (χ0) is 19.8. The second-order valence-electron chi connectivity index (χ2n) is 6.45. The lowest BCUT2D eigenvalue weighted by molar-refractivity contribution is -0.120. The fourth-order valence-electron chi connectivity index (χ4n) is 2.70. The Morgan fingerprint density at radius 2 is 1.96 bits per heavy atom. The van der Waals surface area contributed by atoms with Gasteiger partial charge < -0.3 is 15.6 Å². The fourth-order valence-corrected chi connectivity index (χ4v) is 3.56. The van der Waals surface area contributed by atoms with Crippen LogP contribution in [0.3, 0.4) is 0 Å². The molecule has 0 saturated heterocycles. The Kier molecular flexibility index (Phi) is 7.84. The molecule has 1 heterocycles. The normalized spacial score (nSPS) is 13.1. The van der Waals surface area contributed by atoms with Crippen molar-refractivity contribution in [2.45, 2.75) is 49.4 Å². The minimum absolute atomic E-state index is 0.0314. The highest BCUT2D eigenvalue weighted by Gasteiger charge is 2.20. The number of hydrogen-bond donors (Lipinski definition) is 2. The highest BCUT2D eigenvalue weighted by atomic mass is 32.2. The molecule has 0 unspecified atom stereocenters. The SMILES string of the molecule is CC[C@H](CNC(=O)[C@H](C)Sc1nnc(CCC(N)=O)n1C)c1ccccc1. The van der Waals surface area contributed by atoms with Crippen molar-refractivity contribution in [3.63, 3.8) is 0 Å². The number of amides is 2. The van der Waals surface area contributed by atoms with Gasteiger partial charge in [-0.05, 0) is 18.9 Å². The van der Waals surface area contributed by atoms with Gasteiger partial charge >= 0.3 is 0 Å². The first-order valence-corrected chi connectivity index (χ1v) is 9.96. The van der Waals surface area contributed by atoms with Crippen molar-refractivity contribution in [2.24, 2.45) is 12.8 Å². The number of benzene rings is 1. The van der Waals surface area contributed by atoms with Crippen molar-refractivity contribution in [1.82, 2.24) is 20.1 Å². The first-order valence-electron chi connectivity index (χ1n) is 9.08. The van der Waals surface area contributed by atoms with E-state index in [2.05, 4.69) is 34.6 Å². The molecule has 146 valence electrons. The predicted molar refractivity (Wildman–Crippen MR) is 106 cm³/mol. The molecule has 0 spiro atoms. The lowest BCUT2D eigenvalue weighted by atomic mass is 9.96. The molecule has 0 aliphatic carbocycles. The molecule has 2 aromatic rings. The monoisotopic (exact) mass is 389 g/mol. The molecule has 1 aromatic carbocycles. The van der Waals surface area contributed by atoms with Crippen molar-refractivity contribution < 1.29 is 9.59 Å². The minimum atomic E-state index is -0.371. The van der Waals surface area contributed by atoms with Gasteiger partial charge in [0.25, 0.3) is 0 Å². The number of thioether (sulfide) groups is 1. The summed E-state index contributed by atoms with van der Waals surface area (Å²) in [6.07, 6.45) is 1.62. The molecule has 0 fully saturated rings. The van der Waals surface area contributed by atoms with E-state index in [1.165, 1.54) is 17.3 Å². The second kappa shape index (κ2) is 10.1. The summed E-state index contributed by atoms with van der Waals surface area (Å²) in [6, 6.07) is 10.2. The quantitative estimate of drug-likeness (QED) is 0.605. The number of carbonyl (C=O) groups excluding carboxylic acids is 2. The fraction of sp³-hybridized carbons (Fsp3) is 0.474. The number of hydrogen-bond acceptors (Lipinski definition) is 5. The molecule has 0 aliphatic rings. The molecule has 27 heavy (non-hydrogen) atoms. The number of carbonyl (C=O) groups is 2. The van der Waals surface area contributed by atoms with Gasteiger partial charge in [-0.3, -0.25) is 9.59 Å². The standard InChI is InChI=1S/C19H27N5O2S/c1-4-14(15-8-6-5-7-9-15)12-21-18(26)13(2)27-19-23-22-17(24(19)3)11-10-16(20)25/h5-9,13-14H,4,10-12H2,1-3H3,(H2,20,25)(H,21,26)/t13-,14+/m0/s1. The molecule has 0 aliphatic heterocycles. The van der Waals surface area contributed by atoms with Crippen LogP contribution in [-0.2, 0) is 23.1 Å². The van der Waals surface area contributed by atoms with E-state index in [1.807, 2.05) is 32.2 Å². The van der Waals surface area contributed by atoms with Gasteiger partial charge in [0.1, 0.15) is 5.82 Å². The molecule has 2 rings (SSSR count). The summed E-state index contributed by atoms with van der Waals surface area (Å²) in [4.78, 5) is 23.4. The van der Waals surface area contributed by atoms with Crippen LogP contribution in [0.4, 0.5) is 0 Å². The molecule has 2 atom stereocenters. The Bertz CT molecular complexity index is 763. The molecule has 8 heteroatoms. The van der Waals surface area contributed by atoms with Crippen molar-refractivity contribution in [1.29, 1.82) is 0 Å². The number of rotatable bonds is 10. The number of aryl methyl sites for hydroxylation is 1. The molecule has 1 aromatic heterocycles. The van der Waals surface area contributed by atoms with E-state index in [9.17, 15) is 9.59 Å². The summed E-state index contributed by atoms with van der Waals surface area (Å²) in [5.74, 6) is 0.571. The molecular weight excluding hydrogens is 362 g/mol. The Balaban J connectivity index is 1.89. The Morgan fingerprint density at radius 3 is 2.59 bits per heavy atom. The summed E-state index contributed by atoms with van der Waals surface area (Å²) in [7, 11) is 1.83. The second-order valence-corrected chi connectivity index (χ2v) is 7.75. The summed E-state index contributed by atoms with van der Waals surface area (Å²) in [5.41, 5.74) is 6.40. The molecule has 0 bridgehead atoms. The number of nitrogens with zero attached hydrogens (tertiary/aromatic N) is 3. The topological polar surface area (TPSA) is 103 Å². The number of nitrogens with two attached hydrogens (primary N) is 1. The molecule has 3 N–H and O–H groups in total. The first-order chi connectivity index (χ1) is 12.9. The highest BCUT2D eigenvalue weighted by Crippen LogP contribution is 2.23. The van der Waals surface area contributed by atoms with Gasteiger partial charge in [-0.15, -0.1) is 10.2 Å². The lowest BCUT2D eigenvalue weighted by Gasteiger charge is -2.18. The third kappa shape index (κ3) is 6.09. The molecule has 2 amide bonds. The summed E-state index contributed by atoms with van der Waals surface area (Å²) >= 11 is 1.35. The van der Waals surface area contributed by atoms with Gasteiger partial charge in [0.15, 0.2) is 5.16 Å². The average molecular weight is 390 g/mol. The van der Waals surface area contributed by atoms with E-state index < -0.39 is 0 Å². The van der Waals surface area contributed by atoms with E-state index in [0.29, 0.717) is 29.9 Å². The van der Waals surface area contributed by atoms with Crippen LogP contribution < -0.4 is 11.1 Å². The molecule has 0 saturated carbocycles. The van der Waals surface area contributed by atoms with Crippen LogP contribution >= 0.6 is 11.8 Å². The van der Waals surface area contributed by atoms with Crippen LogP contribution in [0.15, 0.2) is 35.5 Å². The van der Waals surface area contributed by atoms with Gasteiger partial charge in [0.2, 0.25) is 11.8 Å². The van der Waals surface area contributed by atoms with E-state index in [0.717, 1.165) is 6.42 Å². The maximum Gasteiger partial charge on any atom is 0.233 e. The summed E-state index contributed by atoms with van der Waals surface area (Å²) in [6.45, 7) is 4.57. The van der Waals surface area contributed by atoms with Crippen LogP contribution in [-0.4, -0.2) is 38.4 Å². The molecular formula is C19H27N5O2S. The minimum Gasteiger partial charge on any atom is -0.370 e. The first kappa shape index (κ1) is 21.0. The molecule has 7 nitrogen and oxygen atoms in total. The van der Waals surface area contributed by atoms with E-state index in [-0.39, 0.29) is 23.5 Å². The van der Waals surface area contributed by atoms with Gasteiger partial charge in [-0.25, -0.2) is 0 Å². The van der Waals surface area contributed by atoms with Gasteiger partial charge in [-0.1, -0.05) is 49.0 Å². The Morgan fingerprint density at radius 1 is 1.26 bits per heavy atom. The summed E-state index contributed by atoms with van der Waals surface area (Å²) < 4.78 is 1.80. The van der Waals surface area contributed by atoms with Crippen molar-refractivity contribution >= 4 is 23.6 Å². The van der Waals surface area contributed by atoms with Crippen molar-refractivity contribution in [2.75, 3.05) is 6.54 Å². The van der Waals surface area contributed by atoms with Crippen molar-refractivity contribution in [3.05, 3.63) is 41.7 Å². The van der Waals surface area contributed by atoms with E-state index >= 15 is 0 Å². The van der Waals surface area contributed by atoms with E-state index in [4.69, 9.17) is 5.73 Å². The maximum atomic E-state index is 12.5. The zero-order valence-corrected chi connectivity index (χ0v) is 16.8. The van der Waals surface area contributed by atoms with Crippen molar-refractivity contribution in [3.8, 4) is 0 Å². The third-order valence-electron chi connectivity index (χ3n) is 4.46. The largest absolute Gasteiger partial charge is 0.370 e. The smallest absolute Gasteiger partial charge is 0.233 e. The van der Waals surface area contributed by atoms with Crippen LogP contribution in [0.25, 0.3) is 0 Å². The van der Waals surface area contributed by atoms with Crippen LogP contribution in [0.2, 0.25) is 0 Å². The average Bonchev–Trinajstić information content (AvgIpc) is 3.00. The Labute approximate surface area is 164 Å². The number of aromatic nitrogens is 3. The third-order valence-corrected chi connectivity index (χ3v) is 5.59. The molecule has 0 radical (unpaired) electrons. The zero-order valence-electron chi connectivity index (χ0n) is 16.0. The maximum absolute atomic E-state index is 12.5.